The third-order valence-corrected chi connectivity index (χ3v) is 3.79. The molecule has 2 nitrogen and oxygen atoms in total. The van der Waals surface area contributed by atoms with Crippen molar-refractivity contribution in [2.24, 2.45) is 0 Å². The molecule has 0 N–H and O–H groups in total. The molecule has 0 radical (unpaired) electrons. The van der Waals surface area contributed by atoms with E-state index in [0.717, 1.165) is 24.3 Å². The summed E-state index contributed by atoms with van der Waals surface area (Å²) in [6, 6.07) is 17.2. The van der Waals surface area contributed by atoms with E-state index in [2.05, 4.69) is 4.90 Å². The van der Waals surface area contributed by atoms with Gasteiger partial charge < -0.3 is 4.90 Å². The van der Waals surface area contributed by atoms with Crippen molar-refractivity contribution in [3.63, 3.8) is 0 Å². The molecular formula is C19H19Cl2NO. The predicted molar refractivity (Wildman–Crippen MR) is 99.9 cm³/mol. The molecule has 0 saturated carbocycles. The first-order chi connectivity index (χ1) is 11.2. The van der Waals surface area contributed by atoms with E-state index < -0.39 is 0 Å². The number of carbonyl (C=O) groups excluding carboxylic acids is 1. The van der Waals surface area contributed by atoms with Gasteiger partial charge in [-0.05, 0) is 23.8 Å². The molecule has 2 aromatic carbocycles. The van der Waals surface area contributed by atoms with Crippen molar-refractivity contribution in [3.8, 4) is 0 Å². The number of anilines is 1. The number of rotatable bonds is 8. The quantitative estimate of drug-likeness (QED) is 0.385. The van der Waals surface area contributed by atoms with Crippen molar-refractivity contribution in [2.45, 2.75) is 0 Å². The van der Waals surface area contributed by atoms with Gasteiger partial charge in [-0.2, -0.15) is 0 Å². The topological polar surface area (TPSA) is 20.3 Å². The number of hydrogen-bond donors (Lipinski definition) is 0. The molecule has 2 aromatic rings. The van der Waals surface area contributed by atoms with Gasteiger partial charge in [0.15, 0.2) is 5.78 Å². The van der Waals surface area contributed by atoms with Crippen LogP contribution in [0.5, 0.6) is 0 Å². The van der Waals surface area contributed by atoms with Crippen LogP contribution in [0.1, 0.15) is 15.9 Å². The molecule has 0 bridgehead atoms. The van der Waals surface area contributed by atoms with Gasteiger partial charge in [0.2, 0.25) is 0 Å². The lowest BCUT2D eigenvalue weighted by Gasteiger charge is -2.22. The van der Waals surface area contributed by atoms with Gasteiger partial charge in [0.05, 0.1) is 0 Å². The Morgan fingerprint density at radius 1 is 0.913 bits per heavy atom. The monoisotopic (exact) mass is 347 g/mol. The lowest BCUT2D eigenvalue weighted by molar-refractivity contribution is 0.104. The van der Waals surface area contributed by atoms with E-state index in [-0.39, 0.29) is 5.78 Å². The van der Waals surface area contributed by atoms with Crippen LogP contribution in [0.25, 0.3) is 6.08 Å². The Morgan fingerprint density at radius 3 is 2.09 bits per heavy atom. The number of ketones is 1. The van der Waals surface area contributed by atoms with E-state index in [1.54, 1.807) is 6.08 Å². The van der Waals surface area contributed by atoms with E-state index in [0.29, 0.717) is 17.3 Å². The summed E-state index contributed by atoms with van der Waals surface area (Å²) in [5.74, 6) is 1.12. The minimum atomic E-state index is 0.000540. The normalized spacial score (nSPS) is 10.9. The molecule has 120 valence electrons. The van der Waals surface area contributed by atoms with Gasteiger partial charge >= 0.3 is 0 Å². The van der Waals surface area contributed by atoms with Crippen molar-refractivity contribution in [1.82, 2.24) is 0 Å². The first-order valence-electron chi connectivity index (χ1n) is 7.49. The van der Waals surface area contributed by atoms with Gasteiger partial charge in [-0.1, -0.05) is 48.5 Å². The van der Waals surface area contributed by atoms with Crippen LogP contribution in [0.4, 0.5) is 5.69 Å². The third-order valence-electron chi connectivity index (χ3n) is 3.45. The van der Waals surface area contributed by atoms with Gasteiger partial charge in [0.25, 0.3) is 0 Å². The van der Waals surface area contributed by atoms with Crippen LogP contribution in [0.15, 0.2) is 60.7 Å². The fourth-order valence-corrected chi connectivity index (χ4v) is 2.65. The largest absolute Gasteiger partial charge is 0.369 e. The zero-order chi connectivity index (χ0) is 16.5. The molecule has 0 aromatic heterocycles. The number of halogens is 2. The first kappa shape index (κ1) is 17.6. The average Bonchev–Trinajstić information content (AvgIpc) is 2.61. The van der Waals surface area contributed by atoms with E-state index >= 15 is 0 Å². The van der Waals surface area contributed by atoms with Gasteiger partial charge in [-0.15, -0.1) is 23.2 Å². The zero-order valence-electron chi connectivity index (χ0n) is 12.8. The lowest BCUT2D eigenvalue weighted by atomic mass is 10.1. The Bertz CT molecular complexity index is 632. The minimum Gasteiger partial charge on any atom is -0.369 e. The Morgan fingerprint density at radius 2 is 1.52 bits per heavy atom. The van der Waals surface area contributed by atoms with Crippen LogP contribution in [0.3, 0.4) is 0 Å². The molecule has 4 heteroatoms. The van der Waals surface area contributed by atoms with Gasteiger partial charge in [-0.25, -0.2) is 0 Å². The van der Waals surface area contributed by atoms with Gasteiger partial charge in [0, 0.05) is 36.1 Å². The molecule has 0 atom stereocenters. The molecule has 0 amide bonds. The Kier molecular flexibility index (Phi) is 7.18. The van der Waals surface area contributed by atoms with Crippen LogP contribution in [0, 0.1) is 0 Å². The number of allylic oxidation sites excluding steroid dienone is 1. The van der Waals surface area contributed by atoms with Gasteiger partial charge in [0.1, 0.15) is 0 Å². The highest BCUT2D eigenvalue weighted by Gasteiger charge is 2.05. The van der Waals surface area contributed by atoms with Crippen molar-refractivity contribution in [3.05, 3.63) is 71.8 Å². The highest BCUT2D eigenvalue weighted by atomic mass is 35.5. The van der Waals surface area contributed by atoms with Crippen LogP contribution in [-0.2, 0) is 0 Å². The predicted octanol–water partition coefficient (Wildman–Crippen LogP) is 4.87. The maximum absolute atomic E-state index is 12.0. The van der Waals surface area contributed by atoms with E-state index in [1.165, 1.54) is 0 Å². The van der Waals surface area contributed by atoms with Crippen LogP contribution >= 0.6 is 23.2 Å². The molecule has 0 aliphatic rings. The number of alkyl halides is 2. The van der Waals surface area contributed by atoms with Crippen LogP contribution in [-0.4, -0.2) is 30.6 Å². The number of nitrogens with zero attached hydrogens (tertiary/aromatic N) is 1. The molecule has 23 heavy (non-hydrogen) atoms. The summed E-state index contributed by atoms with van der Waals surface area (Å²) in [5.41, 5.74) is 2.75. The Hall–Kier alpha value is -1.77. The van der Waals surface area contributed by atoms with E-state index in [1.807, 2.05) is 60.7 Å². The molecule has 0 fully saturated rings. The smallest absolute Gasteiger partial charge is 0.185 e. The summed E-state index contributed by atoms with van der Waals surface area (Å²) in [5, 5.41) is 0. The van der Waals surface area contributed by atoms with Crippen LogP contribution < -0.4 is 4.90 Å². The lowest BCUT2D eigenvalue weighted by Crippen LogP contribution is -2.27. The molecule has 2 rings (SSSR count). The minimum absolute atomic E-state index is 0.000540. The highest BCUT2D eigenvalue weighted by Crippen LogP contribution is 2.16. The molecule has 0 heterocycles. The number of hydrogen-bond acceptors (Lipinski definition) is 2. The van der Waals surface area contributed by atoms with Crippen molar-refractivity contribution in [1.29, 1.82) is 0 Å². The standard InChI is InChI=1S/C19H19Cl2NO/c20-12-14-22(15-13-21)18-9-6-16(7-10-18)8-11-19(23)17-4-2-1-3-5-17/h1-11H,12-15H2. The number of benzene rings is 2. The summed E-state index contributed by atoms with van der Waals surface area (Å²) in [7, 11) is 0. The Labute approximate surface area is 147 Å². The van der Waals surface area contributed by atoms with Crippen molar-refractivity contribution in [2.75, 3.05) is 29.7 Å². The van der Waals surface area contributed by atoms with Gasteiger partial charge in [-0.3, -0.25) is 4.79 Å². The van der Waals surface area contributed by atoms with Crippen molar-refractivity contribution < 1.29 is 4.79 Å². The first-order valence-corrected chi connectivity index (χ1v) is 8.56. The highest BCUT2D eigenvalue weighted by molar-refractivity contribution is 6.18. The van der Waals surface area contributed by atoms with E-state index in [9.17, 15) is 4.79 Å². The summed E-state index contributed by atoms with van der Waals surface area (Å²) >= 11 is 11.6. The summed E-state index contributed by atoms with van der Waals surface area (Å²) in [6.45, 7) is 1.52. The second-order valence-corrected chi connectivity index (χ2v) is 5.78. The second-order valence-electron chi connectivity index (χ2n) is 5.02. The average molecular weight is 348 g/mol. The molecule has 0 aliphatic carbocycles. The molecule has 0 spiro atoms. The second kappa shape index (κ2) is 9.39. The molecular weight excluding hydrogens is 329 g/mol. The van der Waals surface area contributed by atoms with Crippen molar-refractivity contribution >= 4 is 40.7 Å². The van der Waals surface area contributed by atoms with Crippen LogP contribution in [0.2, 0.25) is 0 Å². The zero-order valence-corrected chi connectivity index (χ0v) is 14.3. The third kappa shape index (κ3) is 5.42. The SMILES string of the molecule is O=C(C=Cc1ccc(N(CCCl)CCCl)cc1)c1ccccc1. The Balaban J connectivity index is 2.04. The molecule has 0 aliphatic heterocycles. The fraction of sp³-hybridized carbons (Fsp3) is 0.211. The maximum Gasteiger partial charge on any atom is 0.185 e. The van der Waals surface area contributed by atoms with E-state index in [4.69, 9.17) is 23.2 Å². The summed E-state index contributed by atoms with van der Waals surface area (Å²) in [6.07, 6.45) is 3.42. The summed E-state index contributed by atoms with van der Waals surface area (Å²) in [4.78, 5) is 14.2. The maximum atomic E-state index is 12.0. The summed E-state index contributed by atoms with van der Waals surface area (Å²) < 4.78 is 0. The fourth-order valence-electron chi connectivity index (χ4n) is 2.24. The molecule has 0 saturated heterocycles. The molecule has 0 unspecified atom stereocenters. The number of carbonyl (C=O) groups is 1.